The van der Waals surface area contributed by atoms with Crippen LogP contribution in [0.15, 0.2) is 0 Å². The first-order chi connectivity index (χ1) is 7.16. The largest absolute Gasteiger partial charge is 0.460 e. The van der Waals surface area contributed by atoms with Crippen LogP contribution in [0.3, 0.4) is 0 Å². The fraction of sp³-hybridized carbons (Fsp3) is 0.900. The Balaban J connectivity index is 3.87. The third kappa shape index (κ3) is 8.67. The van der Waals surface area contributed by atoms with Crippen LogP contribution in [0.5, 0.6) is 0 Å². The lowest BCUT2D eigenvalue weighted by atomic mass is 10.2. The van der Waals surface area contributed by atoms with E-state index in [9.17, 15) is 13.2 Å². The highest BCUT2D eigenvalue weighted by atomic mass is 32.2. The van der Waals surface area contributed by atoms with Crippen molar-refractivity contribution in [3.8, 4) is 0 Å². The van der Waals surface area contributed by atoms with E-state index in [-0.39, 0.29) is 36.9 Å². The van der Waals surface area contributed by atoms with Crippen molar-refractivity contribution in [1.29, 1.82) is 0 Å². The van der Waals surface area contributed by atoms with Crippen molar-refractivity contribution in [3.63, 3.8) is 0 Å². The summed E-state index contributed by atoms with van der Waals surface area (Å²) in [4.78, 5) is 11.3. The molecule has 2 N–H and O–H groups in total. The van der Waals surface area contributed by atoms with Crippen molar-refractivity contribution in [1.82, 2.24) is 0 Å². The molecule has 0 aromatic heterocycles. The van der Waals surface area contributed by atoms with E-state index in [0.29, 0.717) is 0 Å². The van der Waals surface area contributed by atoms with Gasteiger partial charge in [0.1, 0.15) is 5.60 Å². The Morgan fingerprint density at radius 1 is 1.25 bits per heavy atom. The molecule has 0 saturated heterocycles. The van der Waals surface area contributed by atoms with Gasteiger partial charge < -0.3 is 10.5 Å². The van der Waals surface area contributed by atoms with Gasteiger partial charge in [0, 0.05) is 13.0 Å². The zero-order valence-electron chi connectivity index (χ0n) is 10.2. The summed E-state index contributed by atoms with van der Waals surface area (Å²) in [6.07, 6.45) is 0.415. The molecule has 0 unspecified atom stereocenters. The molecule has 0 atom stereocenters. The molecular weight excluding hydrogens is 230 g/mol. The number of hydrogen-bond donors (Lipinski definition) is 1. The van der Waals surface area contributed by atoms with Gasteiger partial charge >= 0.3 is 5.97 Å². The topological polar surface area (TPSA) is 86.5 Å². The lowest BCUT2D eigenvalue weighted by molar-refractivity contribution is -0.154. The van der Waals surface area contributed by atoms with Gasteiger partial charge in [-0.15, -0.1) is 0 Å². The predicted molar refractivity (Wildman–Crippen MR) is 62.8 cm³/mol. The second-order valence-corrected chi connectivity index (χ2v) is 6.93. The van der Waals surface area contributed by atoms with Crippen molar-refractivity contribution < 1.29 is 17.9 Å². The molecular formula is C10H21NO4S. The maximum absolute atomic E-state index is 11.3. The number of ether oxygens (including phenoxy) is 1. The van der Waals surface area contributed by atoms with Crippen LogP contribution in [0.1, 0.15) is 33.6 Å². The van der Waals surface area contributed by atoms with Crippen LogP contribution in [-0.4, -0.2) is 38.0 Å². The van der Waals surface area contributed by atoms with Crippen LogP contribution >= 0.6 is 0 Å². The minimum absolute atomic E-state index is 0.0105. The maximum Gasteiger partial charge on any atom is 0.306 e. The molecule has 0 aliphatic heterocycles. The highest BCUT2D eigenvalue weighted by Crippen LogP contribution is 2.09. The lowest BCUT2D eigenvalue weighted by Crippen LogP contribution is -2.24. The second-order valence-electron chi connectivity index (χ2n) is 4.63. The van der Waals surface area contributed by atoms with Crippen molar-refractivity contribution in [2.24, 2.45) is 5.73 Å². The Hall–Kier alpha value is -0.620. The Kier molecular flexibility index (Phi) is 5.96. The Morgan fingerprint density at radius 3 is 2.25 bits per heavy atom. The number of esters is 1. The fourth-order valence-corrected chi connectivity index (χ4v) is 2.26. The molecule has 96 valence electrons. The van der Waals surface area contributed by atoms with Crippen molar-refractivity contribution in [2.75, 3.05) is 18.1 Å². The summed E-state index contributed by atoms with van der Waals surface area (Å²) in [6, 6.07) is 0. The van der Waals surface area contributed by atoms with Crippen LogP contribution in [-0.2, 0) is 19.4 Å². The van der Waals surface area contributed by atoms with Crippen molar-refractivity contribution in [2.45, 2.75) is 39.2 Å². The molecule has 0 saturated carbocycles. The molecule has 0 aromatic carbocycles. The molecule has 0 aliphatic rings. The van der Waals surface area contributed by atoms with Gasteiger partial charge in [0.05, 0.1) is 11.5 Å². The molecule has 0 amide bonds. The molecule has 0 heterocycles. The summed E-state index contributed by atoms with van der Waals surface area (Å²) in [5.74, 6) is -0.402. The third-order valence-corrected chi connectivity index (χ3v) is 3.45. The normalized spacial score (nSPS) is 12.5. The van der Waals surface area contributed by atoms with E-state index >= 15 is 0 Å². The molecule has 0 bridgehead atoms. The van der Waals surface area contributed by atoms with Crippen LogP contribution in [0.25, 0.3) is 0 Å². The Bertz CT molecular complexity index is 316. The quantitative estimate of drug-likeness (QED) is 0.694. The van der Waals surface area contributed by atoms with Gasteiger partial charge in [-0.2, -0.15) is 0 Å². The van der Waals surface area contributed by atoms with E-state index in [1.165, 1.54) is 0 Å². The minimum Gasteiger partial charge on any atom is -0.460 e. The third-order valence-electron chi connectivity index (χ3n) is 1.69. The van der Waals surface area contributed by atoms with E-state index in [0.717, 1.165) is 0 Å². The molecule has 0 aromatic rings. The Morgan fingerprint density at radius 2 is 1.81 bits per heavy atom. The first-order valence-corrected chi connectivity index (χ1v) is 7.11. The summed E-state index contributed by atoms with van der Waals surface area (Å²) in [5.41, 5.74) is 4.64. The van der Waals surface area contributed by atoms with Gasteiger partial charge in [-0.1, -0.05) is 0 Å². The van der Waals surface area contributed by atoms with E-state index < -0.39 is 15.4 Å². The summed E-state index contributed by atoms with van der Waals surface area (Å²) < 4.78 is 27.6. The van der Waals surface area contributed by atoms with Crippen molar-refractivity contribution >= 4 is 15.8 Å². The molecule has 0 rings (SSSR count). The summed E-state index contributed by atoms with van der Waals surface area (Å²) in [5, 5.41) is 0. The average molecular weight is 251 g/mol. The number of sulfone groups is 1. The number of hydrogen-bond acceptors (Lipinski definition) is 5. The van der Waals surface area contributed by atoms with E-state index in [2.05, 4.69) is 0 Å². The molecule has 0 aliphatic carbocycles. The maximum atomic E-state index is 11.3. The van der Waals surface area contributed by atoms with Crippen LogP contribution < -0.4 is 5.73 Å². The van der Waals surface area contributed by atoms with Gasteiger partial charge in [-0.25, -0.2) is 8.42 Å². The average Bonchev–Trinajstić information content (AvgIpc) is 1.99. The zero-order chi connectivity index (χ0) is 12.8. The van der Waals surface area contributed by atoms with Gasteiger partial charge in [0.15, 0.2) is 9.84 Å². The molecule has 0 fully saturated rings. The number of carbonyl (C=O) groups excluding carboxylic acids is 1. The summed E-state index contributed by atoms with van der Waals surface area (Å²) in [7, 11) is -3.10. The summed E-state index contributed by atoms with van der Waals surface area (Å²) in [6.45, 7) is 5.44. The summed E-state index contributed by atoms with van der Waals surface area (Å²) >= 11 is 0. The van der Waals surface area contributed by atoms with E-state index in [1.807, 2.05) is 0 Å². The second kappa shape index (κ2) is 6.20. The highest BCUT2D eigenvalue weighted by molar-refractivity contribution is 7.91. The molecule has 5 nitrogen and oxygen atoms in total. The SMILES string of the molecule is CC(C)(C)OC(=O)CCCS(=O)(=O)CCN. The monoisotopic (exact) mass is 251 g/mol. The van der Waals surface area contributed by atoms with E-state index in [4.69, 9.17) is 10.5 Å². The predicted octanol–water partition coefficient (Wildman–Crippen LogP) is 0.482. The lowest BCUT2D eigenvalue weighted by Gasteiger charge is -2.19. The number of carbonyl (C=O) groups is 1. The standard InChI is InChI=1S/C10H21NO4S/c1-10(2,3)15-9(12)5-4-7-16(13,14)8-6-11/h4-8,11H2,1-3H3. The zero-order valence-corrected chi connectivity index (χ0v) is 11.0. The first kappa shape index (κ1) is 15.4. The van der Waals surface area contributed by atoms with Crippen LogP contribution in [0.4, 0.5) is 0 Å². The highest BCUT2D eigenvalue weighted by Gasteiger charge is 2.17. The number of rotatable bonds is 6. The fourth-order valence-electron chi connectivity index (χ4n) is 1.11. The van der Waals surface area contributed by atoms with Gasteiger partial charge in [-0.05, 0) is 27.2 Å². The van der Waals surface area contributed by atoms with Crippen LogP contribution in [0, 0.1) is 0 Å². The minimum atomic E-state index is -3.10. The van der Waals surface area contributed by atoms with E-state index in [1.54, 1.807) is 20.8 Å². The number of nitrogens with two attached hydrogens (primary N) is 1. The molecule has 0 spiro atoms. The first-order valence-electron chi connectivity index (χ1n) is 5.28. The Labute approximate surface area is 97.3 Å². The van der Waals surface area contributed by atoms with Crippen LogP contribution in [0.2, 0.25) is 0 Å². The molecule has 0 radical (unpaired) electrons. The molecule has 6 heteroatoms. The molecule has 16 heavy (non-hydrogen) atoms. The van der Waals surface area contributed by atoms with Gasteiger partial charge in [0.25, 0.3) is 0 Å². The van der Waals surface area contributed by atoms with Crippen molar-refractivity contribution in [3.05, 3.63) is 0 Å². The van der Waals surface area contributed by atoms with Gasteiger partial charge in [0.2, 0.25) is 0 Å². The van der Waals surface area contributed by atoms with Gasteiger partial charge in [-0.3, -0.25) is 4.79 Å². The smallest absolute Gasteiger partial charge is 0.306 e.